The monoisotopic (exact) mass is 312 g/mol. The van der Waals surface area contributed by atoms with Crippen LogP contribution in [-0.4, -0.2) is 26.7 Å². The van der Waals surface area contributed by atoms with E-state index in [9.17, 15) is 4.79 Å². The molecule has 0 bridgehead atoms. The van der Waals surface area contributed by atoms with E-state index in [2.05, 4.69) is 21.5 Å². The number of benzene rings is 1. The number of nitrogens with one attached hydrogen (secondary N) is 1. The molecule has 112 valence electrons. The SMILES string of the molecule is CSCc1cccc(NC(=O)c2cnc3c(c2)ncn3C)c1. The summed E-state index contributed by atoms with van der Waals surface area (Å²) in [6.45, 7) is 0. The van der Waals surface area contributed by atoms with Crippen LogP contribution in [0.1, 0.15) is 15.9 Å². The first-order valence-corrected chi connectivity index (χ1v) is 8.23. The summed E-state index contributed by atoms with van der Waals surface area (Å²) in [6.07, 6.45) is 5.31. The summed E-state index contributed by atoms with van der Waals surface area (Å²) in [4.78, 5) is 20.9. The summed E-state index contributed by atoms with van der Waals surface area (Å²) >= 11 is 1.75. The second-order valence-electron chi connectivity index (χ2n) is 5.01. The van der Waals surface area contributed by atoms with Crippen LogP contribution in [0.4, 0.5) is 5.69 Å². The number of aromatic nitrogens is 3. The summed E-state index contributed by atoms with van der Waals surface area (Å²) in [5.41, 5.74) is 3.95. The molecule has 5 nitrogen and oxygen atoms in total. The third-order valence-corrected chi connectivity index (χ3v) is 3.93. The summed E-state index contributed by atoms with van der Waals surface area (Å²) < 4.78 is 1.82. The molecule has 0 saturated carbocycles. The summed E-state index contributed by atoms with van der Waals surface area (Å²) in [5, 5.41) is 2.91. The highest BCUT2D eigenvalue weighted by Crippen LogP contribution is 2.17. The average Bonchev–Trinajstić information content (AvgIpc) is 2.89. The molecular formula is C16H16N4OS. The lowest BCUT2D eigenvalue weighted by atomic mass is 10.2. The minimum absolute atomic E-state index is 0.179. The van der Waals surface area contributed by atoms with E-state index < -0.39 is 0 Å². The summed E-state index contributed by atoms with van der Waals surface area (Å²) in [5.74, 6) is 0.742. The van der Waals surface area contributed by atoms with Gasteiger partial charge in [0.25, 0.3) is 5.91 Å². The molecule has 0 saturated heterocycles. The van der Waals surface area contributed by atoms with Crippen LogP contribution in [0, 0.1) is 0 Å². The van der Waals surface area contributed by atoms with Crippen molar-refractivity contribution < 1.29 is 4.79 Å². The van der Waals surface area contributed by atoms with Crippen LogP contribution >= 0.6 is 11.8 Å². The Bertz CT molecular complexity index is 828. The predicted octanol–water partition coefficient (Wildman–Crippen LogP) is 3.08. The zero-order valence-corrected chi connectivity index (χ0v) is 13.2. The lowest BCUT2D eigenvalue weighted by Crippen LogP contribution is -2.12. The van der Waals surface area contributed by atoms with Gasteiger partial charge < -0.3 is 9.88 Å². The number of anilines is 1. The van der Waals surface area contributed by atoms with E-state index in [1.54, 1.807) is 30.4 Å². The van der Waals surface area contributed by atoms with Crippen LogP contribution in [0.3, 0.4) is 0 Å². The zero-order chi connectivity index (χ0) is 15.5. The normalized spacial score (nSPS) is 10.8. The van der Waals surface area contributed by atoms with Gasteiger partial charge in [-0.1, -0.05) is 12.1 Å². The minimum atomic E-state index is -0.179. The first-order valence-electron chi connectivity index (χ1n) is 6.83. The third-order valence-electron chi connectivity index (χ3n) is 3.31. The highest BCUT2D eigenvalue weighted by atomic mass is 32.2. The maximum Gasteiger partial charge on any atom is 0.257 e. The molecule has 0 aliphatic carbocycles. The number of fused-ring (bicyclic) bond motifs is 1. The maximum atomic E-state index is 12.3. The van der Waals surface area contributed by atoms with Crippen LogP contribution in [0.5, 0.6) is 0 Å². The number of hydrogen-bond donors (Lipinski definition) is 1. The van der Waals surface area contributed by atoms with Crippen molar-refractivity contribution in [2.24, 2.45) is 7.05 Å². The zero-order valence-electron chi connectivity index (χ0n) is 12.4. The van der Waals surface area contributed by atoms with Crippen LogP contribution in [0.2, 0.25) is 0 Å². The van der Waals surface area contributed by atoms with Crippen molar-refractivity contribution in [2.75, 3.05) is 11.6 Å². The molecule has 1 N–H and O–H groups in total. The molecule has 3 aromatic rings. The molecule has 0 aliphatic heterocycles. The quantitative estimate of drug-likeness (QED) is 0.804. The van der Waals surface area contributed by atoms with Crippen LogP contribution in [0.25, 0.3) is 11.2 Å². The Morgan fingerprint density at radius 1 is 1.32 bits per heavy atom. The number of pyridine rings is 1. The van der Waals surface area contributed by atoms with Gasteiger partial charge in [-0.15, -0.1) is 0 Å². The van der Waals surface area contributed by atoms with Crippen molar-refractivity contribution in [1.29, 1.82) is 0 Å². The number of thioether (sulfide) groups is 1. The fourth-order valence-electron chi connectivity index (χ4n) is 2.25. The van der Waals surface area contributed by atoms with Crippen molar-refractivity contribution in [3.63, 3.8) is 0 Å². The van der Waals surface area contributed by atoms with E-state index >= 15 is 0 Å². The molecule has 22 heavy (non-hydrogen) atoms. The molecule has 1 aromatic carbocycles. The Hall–Kier alpha value is -2.34. The summed E-state index contributed by atoms with van der Waals surface area (Å²) in [6, 6.07) is 9.62. The minimum Gasteiger partial charge on any atom is -0.322 e. The molecule has 0 unspecified atom stereocenters. The number of carbonyl (C=O) groups is 1. The molecule has 3 rings (SSSR count). The van der Waals surface area contributed by atoms with Gasteiger partial charge in [0.05, 0.1) is 11.9 Å². The second-order valence-corrected chi connectivity index (χ2v) is 5.88. The molecule has 0 spiro atoms. The molecule has 2 heterocycles. The van der Waals surface area contributed by atoms with Gasteiger partial charge in [0.2, 0.25) is 0 Å². The largest absolute Gasteiger partial charge is 0.322 e. The van der Waals surface area contributed by atoms with E-state index in [4.69, 9.17) is 0 Å². The molecular weight excluding hydrogens is 296 g/mol. The molecule has 0 fully saturated rings. The van der Waals surface area contributed by atoms with Crippen molar-refractivity contribution in [3.8, 4) is 0 Å². The maximum absolute atomic E-state index is 12.3. The standard InChI is InChI=1S/C16H16N4OS/c1-20-10-18-14-7-12(8-17-15(14)20)16(21)19-13-5-3-4-11(6-13)9-22-2/h3-8,10H,9H2,1-2H3,(H,19,21). The molecule has 0 atom stereocenters. The lowest BCUT2D eigenvalue weighted by Gasteiger charge is -2.07. The first kappa shape index (κ1) is 14.6. The molecule has 6 heteroatoms. The fraction of sp³-hybridized carbons (Fsp3) is 0.188. The summed E-state index contributed by atoms with van der Waals surface area (Å²) in [7, 11) is 1.87. The number of hydrogen-bond acceptors (Lipinski definition) is 4. The van der Waals surface area contributed by atoms with E-state index in [0.717, 1.165) is 17.1 Å². The smallest absolute Gasteiger partial charge is 0.257 e. The van der Waals surface area contributed by atoms with Crippen molar-refractivity contribution >= 4 is 34.5 Å². The van der Waals surface area contributed by atoms with Gasteiger partial charge in [0.1, 0.15) is 5.52 Å². The van der Waals surface area contributed by atoms with Crippen LogP contribution in [-0.2, 0) is 12.8 Å². The number of carbonyl (C=O) groups excluding carboxylic acids is 1. The Balaban J connectivity index is 1.82. The predicted molar refractivity (Wildman–Crippen MR) is 90.1 cm³/mol. The van der Waals surface area contributed by atoms with Gasteiger partial charge >= 0.3 is 0 Å². The van der Waals surface area contributed by atoms with Crippen LogP contribution in [0.15, 0.2) is 42.9 Å². The Labute approximate surface area is 132 Å². The van der Waals surface area contributed by atoms with Gasteiger partial charge in [-0.05, 0) is 30.0 Å². The average molecular weight is 312 g/mol. The molecule has 1 amide bonds. The van der Waals surface area contributed by atoms with Gasteiger partial charge in [0.15, 0.2) is 5.65 Å². The van der Waals surface area contributed by atoms with Gasteiger partial charge in [-0.2, -0.15) is 11.8 Å². The Morgan fingerprint density at radius 2 is 2.18 bits per heavy atom. The fourth-order valence-corrected chi connectivity index (χ4v) is 2.76. The second kappa shape index (κ2) is 6.19. The highest BCUT2D eigenvalue weighted by Gasteiger charge is 2.10. The van der Waals surface area contributed by atoms with Crippen LogP contribution < -0.4 is 5.32 Å². The number of aryl methyl sites for hydroxylation is 1. The third kappa shape index (κ3) is 2.96. The Kier molecular flexibility index (Phi) is 4.11. The van der Waals surface area contributed by atoms with E-state index in [1.165, 1.54) is 5.56 Å². The number of nitrogens with zero attached hydrogens (tertiary/aromatic N) is 3. The molecule has 0 aliphatic rings. The topological polar surface area (TPSA) is 59.8 Å². The number of rotatable bonds is 4. The first-order chi connectivity index (χ1) is 10.7. The van der Waals surface area contributed by atoms with Crippen molar-refractivity contribution in [3.05, 3.63) is 54.0 Å². The van der Waals surface area contributed by atoms with Crippen molar-refractivity contribution in [2.45, 2.75) is 5.75 Å². The Morgan fingerprint density at radius 3 is 3.00 bits per heavy atom. The van der Waals surface area contributed by atoms with Crippen molar-refractivity contribution in [1.82, 2.24) is 14.5 Å². The van der Waals surface area contributed by atoms with E-state index in [1.807, 2.05) is 35.9 Å². The molecule has 0 radical (unpaired) electrons. The number of amides is 1. The van der Waals surface area contributed by atoms with E-state index in [0.29, 0.717) is 11.1 Å². The van der Waals surface area contributed by atoms with E-state index in [-0.39, 0.29) is 5.91 Å². The van der Waals surface area contributed by atoms with Gasteiger partial charge in [-0.3, -0.25) is 4.79 Å². The van der Waals surface area contributed by atoms with Gasteiger partial charge in [-0.25, -0.2) is 9.97 Å². The number of imidazole rings is 1. The lowest BCUT2D eigenvalue weighted by molar-refractivity contribution is 0.102. The highest BCUT2D eigenvalue weighted by molar-refractivity contribution is 7.97. The molecule has 2 aromatic heterocycles. The van der Waals surface area contributed by atoms with Gasteiger partial charge in [0, 0.05) is 24.7 Å².